The van der Waals surface area contributed by atoms with Gasteiger partial charge in [-0.15, -0.1) is 11.3 Å². The van der Waals surface area contributed by atoms with Crippen molar-refractivity contribution in [3.05, 3.63) is 21.4 Å². The van der Waals surface area contributed by atoms with Crippen molar-refractivity contribution in [2.45, 2.75) is 40.0 Å². The Morgan fingerprint density at radius 1 is 1.18 bits per heavy atom. The van der Waals surface area contributed by atoms with Gasteiger partial charge in [0.1, 0.15) is 0 Å². The Balaban J connectivity index is 3.21. The molecule has 0 saturated heterocycles. The Labute approximate surface area is 73.3 Å². The lowest BCUT2D eigenvalue weighted by Gasteiger charge is -2.20. The minimum Gasteiger partial charge on any atom is -0.149 e. The molecule has 1 heterocycles. The molecular weight excluding hydrogens is 152 g/mol. The van der Waals surface area contributed by atoms with Crippen LogP contribution < -0.4 is 0 Å². The number of rotatable bonds is 0. The first-order valence-electron chi connectivity index (χ1n) is 3.98. The van der Waals surface area contributed by atoms with Crippen molar-refractivity contribution >= 4 is 11.3 Å². The first-order valence-corrected chi connectivity index (χ1v) is 4.86. The van der Waals surface area contributed by atoms with Gasteiger partial charge < -0.3 is 0 Å². The quantitative estimate of drug-likeness (QED) is 0.554. The van der Waals surface area contributed by atoms with E-state index in [0.717, 1.165) is 0 Å². The first kappa shape index (κ1) is 8.79. The van der Waals surface area contributed by atoms with E-state index >= 15 is 0 Å². The van der Waals surface area contributed by atoms with Gasteiger partial charge in [-0.25, -0.2) is 0 Å². The topological polar surface area (TPSA) is 0 Å². The van der Waals surface area contributed by atoms with Crippen molar-refractivity contribution in [1.29, 1.82) is 0 Å². The van der Waals surface area contributed by atoms with Gasteiger partial charge in [0.2, 0.25) is 0 Å². The summed E-state index contributed by atoms with van der Waals surface area (Å²) in [5.74, 6) is 0. The molecule has 0 aliphatic heterocycles. The van der Waals surface area contributed by atoms with Crippen molar-refractivity contribution in [1.82, 2.24) is 0 Å². The summed E-state index contributed by atoms with van der Waals surface area (Å²) in [4.78, 5) is 1.47. The number of hydrogen-bond acceptors (Lipinski definition) is 1. The normalized spacial score (nSPS) is 12.1. The van der Waals surface area contributed by atoms with Crippen LogP contribution >= 0.6 is 11.3 Å². The second-order valence-electron chi connectivity index (χ2n) is 4.10. The van der Waals surface area contributed by atoms with Gasteiger partial charge in [-0.3, -0.25) is 0 Å². The van der Waals surface area contributed by atoms with Crippen LogP contribution in [0.5, 0.6) is 0 Å². The van der Waals surface area contributed by atoms with Crippen molar-refractivity contribution in [3.63, 3.8) is 0 Å². The molecule has 62 valence electrons. The van der Waals surface area contributed by atoms with Crippen molar-refractivity contribution in [3.8, 4) is 0 Å². The molecule has 11 heavy (non-hydrogen) atoms. The van der Waals surface area contributed by atoms with Crippen molar-refractivity contribution in [2.24, 2.45) is 0 Å². The molecule has 1 rings (SSSR count). The molecule has 0 nitrogen and oxygen atoms in total. The zero-order valence-electron chi connectivity index (χ0n) is 7.99. The van der Waals surface area contributed by atoms with E-state index in [-0.39, 0.29) is 0 Å². The summed E-state index contributed by atoms with van der Waals surface area (Å²) in [6.07, 6.45) is 0. The standard InChI is InChI=1S/C10H16S/c1-7-6-11-8(2)9(7)10(3,4)5/h6H,1-5H3. The number of hydrogen-bond donors (Lipinski definition) is 0. The van der Waals surface area contributed by atoms with Crippen LogP contribution in [0.1, 0.15) is 36.8 Å². The second-order valence-corrected chi connectivity index (χ2v) is 5.18. The maximum Gasteiger partial charge on any atom is 0.00542 e. The van der Waals surface area contributed by atoms with E-state index in [2.05, 4.69) is 40.0 Å². The van der Waals surface area contributed by atoms with E-state index in [1.165, 1.54) is 16.0 Å². The number of thiophene rings is 1. The van der Waals surface area contributed by atoms with Crippen LogP contribution in [0.3, 0.4) is 0 Å². The third kappa shape index (κ3) is 1.64. The van der Waals surface area contributed by atoms with Crippen molar-refractivity contribution < 1.29 is 0 Å². The predicted molar refractivity (Wildman–Crippen MR) is 52.5 cm³/mol. The fourth-order valence-corrected chi connectivity index (χ4v) is 2.75. The summed E-state index contributed by atoms with van der Waals surface area (Å²) in [5, 5.41) is 2.25. The average Bonchev–Trinajstić information content (AvgIpc) is 2.08. The summed E-state index contributed by atoms with van der Waals surface area (Å²) < 4.78 is 0. The Hall–Kier alpha value is -0.300. The zero-order chi connectivity index (χ0) is 8.65. The predicted octanol–water partition coefficient (Wildman–Crippen LogP) is 3.66. The van der Waals surface area contributed by atoms with Crippen LogP contribution in [0.25, 0.3) is 0 Å². The Kier molecular flexibility index (Phi) is 2.10. The average molecular weight is 168 g/mol. The van der Waals surface area contributed by atoms with Gasteiger partial charge in [-0.05, 0) is 35.8 Å². The highest BCUT2D eigenvalue weighted by Crippen LogP contribution is 2.32. The van der Waals surface area contributed by atoms with Gasteiger partial charge in [-0.1, -0.05) is 20.8 Å². The summed E-state index contributed by atoms with van der Waals surface area (Å²) in [6.45, 7) is 11.2. The van der Waals surface area contributed by atoms with E-state index in [0.29, 0.717) is 5.41 Å². The molecule has 0 spiro atoms. The van der Waals surface area contributed by atoms with Gasteiger partial charge in [0, 0.05) is 4.88 Å². The highest BCUT2D eigenvalue weighted by molar-refractivity contribution is 7.10. The lowest BCUT2D eigenvalue weighted by molar-refractivity contribution is 0.585. The van der Waals surface area contributed by atoms with Crippen LogP contribution in [0.2, 0.25) is 0 Å². The first-order chi connectivity index (χ1) is 4.93. The minimum atomic E-state index is 0.314. The summed E-state index contributed by atoms with van der Waals surface area (Å²) >= 11 is 1.86. The lowest BCUT2D eigenvalue weighted by Crippen LogP contribution is -2.12. The molecule has 0 unspecified atom stereocenters. The molecule has 0 bridgehead atoms. The van der Waals surface area contributed by atoms with E-state index in [9.17, 15) is 0 Å². The lowest BCUT2D eigenvalue weighted by atomic mass is 9.85. The fraction of sp³-hybridized carbons (Fsp3) is 0.600. The van der Waals surface area contributed by atoms with E-state index < -0.39 is 0 Å². The molecule has 0 amide bonds. The molecule has 0 aromatic carbocycles. The third-order valence-electron chi connectivity index (χ3n) is 1.91. The summed E-state index contributed by atoms with van der Waals surface area (Å²) in [6, 6.07) is 0. The molecule has 0 saturated carbocycles. The highest BCUT2D eigenvalue weighted by Gasteiger charge is 2.19. The molecule has 0 N–H and O–H groups in total. The molecule has 0 fully saturated rings. The van der Waals surface area contributed by atoms with E-state index in [1.807, 2.05) is 11.3 Å². The minimum absolute atomic E-state index is 0.314. The SMILES string of the molecule is Cc1csc(C)c1C(C)(C)C. The van der Waals surface area contributed by atoms with Crippen LogP contribution in [-0.2, 0) is 5.41 Å². The highest BCUT2D eigenvalue weighted by atomic mass is 32.1. The van der Waals surface area contributed by atoms with Crippen LogP contribution in [0.4, 0.5) is 0 Å². The molecular formula is C10H16S. The molecule has 1 heteroatoms. The van der Waals surface area contributed by atoms with Crippen LogP contribution in [-0.4, -0.2) is 0 Å². The Morgan fingerprint density at radius 3 is 1.91 bits per heavy atom. The summed E-state index contributed by atoms with van der Waals surface area (Å²) in [7, 11) is 0. The number of aryl methyl sites for hydroxylation is 2. The maximum atomic E-state index is 2.27. The van der Waals surface area contributed by atoms with Gasteiger partial charge in [0.25, 0.3) is 0 Å². The van der Waals surface area contributed by atoms with Crippen LogP contribution in [0, 0.1) is 13.8 Å². The third-order valence-corrected chi connectivity index (χ3v) is 2.94. The molecule has 1 aromatic rings. The maximum absolute atomic E-state index is 2.27. The Bertz CT molecular complexity index is 231. The summed E-state index contributed by atoms with van der Waals surface area (Å²) in [5.41, 5.74) is 3.29. The van der Waals surface area contributed by atoms with E-state index in [4.69, 9.17) is 0 Å². The Morgan fingerprint density at radius 2 is 1.73 bits per heavy atom. The smallest absolute Gasteiger partial charge is 0.00542 e. The monoisotopic (exact) mass is 168 g/mol. The van der Waals surface area contributed by atoms with Gasteiger partial charge in [0.15, 0.2) is 0 Å². The van der Waals surface area contributed by atoms with Gasteiger partial charge in [-0.2, -0.15) is 0 Å². The molecule has 0 atom stereocenters. The molecule has 0 aliphatic carbocycles. The largest absolute Gasteiger partial charge is 0.149 e. The second kappa shape index (κ2) is 2.63. The van der Waals surface area contributed by atoms with Gasteiger partial charge >= 0.3 is 0 Å². The fourth-order valence-electron chi connectivity index (χ4n) is 1.69. The molecule has 0 radical (unpaired) electrons. The van der Waals surface area contributed by atoms with Crippen molar-refractivity contribution in [2.75, 3.05) is 0 Å². The zero-order valence-corrected chi connectivity index (χ0v) is 8.80. The van der Waals surface area contributed by atoms with Crippen LogP contribution in [0.15, 0.2) is 5.38 Å². The molecule has 1 aromatic heterocycles. The molecule has 0 aliphatic rings. The van der Waals surface area contributed by atoms with E-state index in [1.54, 1.807) is 0 Å². The van der Waals surface area contributed by atoms with Gasteiger partial charge in [0.05, 0.1) is 0 Å².